The second-order valence-corrected chi connectivity index (χ2v) is 39.9. The predicted molar refractivity (Wildman–Crippen MR) is 553 cm³/mol. The molecule has 0 aliphatic carbocycles. The van der Waals surface area contributed by atoms with Gasteiger partial charge in [-0.3, -0.25) is 64.9 Å². The Balaban J connectivity index is 0.000000113. The number of aromatic nitrogens is 10. The number of aliphatic imine (C=N–C) groups is 8. The number of benzene rings is 6. The van der Waals surface area contributed by atoms with E-state index in [9.17, 15) is 0 Å². The molecule has 0 spiro atoms. The van der Waals surface area contributed by atoms with E-state index >= 15 is 0 Å². The number of para-hydroxylation sites is 3. The van der Waals surface area contributed by atoms with Crippen molar-refractivity contribution in [2.45, 2.75) is 223 Å². The summed E-state index contributed by atoms with van der Waals surface area (Å²) in [6, 6.07) is 61.4. The number of hydrogen-bond acceptors (Lipinski definition) is 20. The lowest BCUT2D eigenvalue weighted by molar-refractivity contribution is 0.561. The number of oxazole rings is 1. The molecule has 0 saturated carbocycles. The number of aryl methyl sites for hydroxylation is 2. The minimum Gasteiger partial charge on any atom is -0.439 e. The van der Waals surface area contributed by atoms with Crippen LogP contribution in [0.2, 0.25) is 0 Å². The molecular formula is C112H118N18OS. The molecule has 8 aliphatic rings. The number of fused-ring (bicyclic) bond motifs is 18. The number of thiazole rings is 1. The quantitative estimate of drug-likeness (QED) is 0.138. The first kappa shape index (κ1) is 93.0. The Labute approximate surface area is 779 Å². The number of pyridine rings is 8. The molecule has 0 fully saturated rings. The van der Waals surface area contributed by atoms with Crippen LogP contribution < -0.4 is 0 Å². The Morgan fingerprint density at radius 2 is 0.712 bits per heavy atom. The third-order valence-corrected chi connectivity index (χ3v) is 28.7. The maximum absolute atomic E-state index is 5.19. The standard InChI is InChI=1S/4C14H14N2.C11H13N.3C10H12N2.C8H7NS.C7H6N2O/c1-9-14(2,3)12-5-4-10-8-15-7-6-11(10)13(12)16-9;1-9-14(2,3)11-6-7-12-10(13(11)16-9)5-4-8-15-12;1-9-14(2,3)11-7-6-10-5-4-8-15-12(10)13(11)16-9;1-9-14(2,3)11-8-15-12-7-5-4-6-10(12)13(11)16-9;1-8-11(2,3)9-6-4-5-7-10(9)12-8;1-7-10(2,3)8-6-11-5-4-9(8)12-7;1-7-10(2,3)9-8(12-7)5-4-6-11-9;1-7-10(2,3)8-5-4-6-11-9(8)12-7;1-6-9-7-4-2-3-5-8(7)10-6;1-5-9-7-6(10-5)3-2-4-8-7/h4*4-8H,1-3H3;4-7H,1-3H3;3*4-6H,1-3H3;2-5H,1H3;2-4H,1H3. The minimum absolute atomic E-state index is 0.0202. The highest BCUT2D eigenvalue weighted by Crippen LogP contribution is 2.49. The van der Waals surface area contributed by atoms with Gasteiger partial charge in [0.1, 0.15) is 0 Å². The van der Waals surface area contributed by atoms with Gasteiger partial charge < -0.3 is 4.42 Å². The second kappa shape index (κ2) is 36.6. The monoisotopic (exact) mass is 1760 g/mol. The molecule has 0 N–H and O–H groups in total. The maximum atomic E-state index is 5.19. The van der Waals surface area contributed by atoms with Gasteiger partial charge in [-0.2, -0.15) is 4.98 Å². The summed E-state index contributed by atoms with van der Waals surface area (Å²) < 4.78 is 6.47. The van der Waals surface area contributed by atoms with Crippen LogP contribution in [0.1, 0.15) is 222 Å². The number of hydrogen-bond donors (Lipinski definition) is 0. The van der Waals surface area contributed by atoms with Crippen molar-refractivity contribution in [2.75, 3.05) is 0 Å². The highest BCUT2D eigenvalue weighted by molar-refractivity contribution is 7.18. The van der Waals surface area contributed by atoms with Crippen LogP contribution in [0.3, 0.4) is 0 Å². The SMILES string of the molecule is CC1=Nc2c(ccc3cccnc23)C1(C)C.CC1=Nc2c(ccc3cnccc23)C1(C)C.CC1=Nc2c(ccc3ncccc23)C1(C)C.CC1=Nc2c(cnc3ccccc23)C1(C)C.CC1=Nc2ccccc2C1(C)C.CC1=Nc2cccnc2C1(C)C.CC1=Nc2ccncc2C1(C)C.CC1=Nc2ncccc2C1(C)C.Cc1nc2ccccc2s1.Cc1nc2ncccc2o1. The van der Waals surface area contributed by atoms with Gasteiger partial charge in [-0.25, -0.2) is 19.9 Å². The Kier molecular flexibility index (Phi) is 25.7. The van der Waals surface area contributed by atoms with Crippen LogP contribution in [0.15, 0.2) is 288 Å². The molecule has 24 rings (SSSR count). The molecule has 0 amide bonds. The van der Waals surface area contributed by atoms with Crippen LogP contribution in [-0.4, -0.2) is 95.5 Å². The topological polar surface area (TPSA) is 241 Å². The first-order chi connectivity index (χ1) is 62.6. The lowest BCUT2D eigenvalue weighted by Crippen LogP contribution is -2.23. The molecule has 0 unspecified atom stereocenters. The van der Waals surface area contributed by atoms with Crippen LogP contribution in [0.4, 0.5) is 45.6 Å². The van der Waals surface area contributed by atoms with E-state index in [4.69, 9.17) is 19.4 Å². The van der Waals surface area contributed by atoms with Gasteiger partial charge in [-0.05, 0) is 189 Å². The van der Waals surface area contributed by atoms with E-state index < -0.39 is 0 Å². The van der Waals surface area contributed by atoms with Crippen molar-refractivity contribution in [1.82, 2.24) is 49.8 Å². The molecule has 6 aromatic carbocycles. The molecule has 8 aliphatic heterocycles. The molecule has 0 bridgehead atoms. The van der Waals surface area contributed by atoms with Crippen molar-refractivity contribution < 1.29 is 4.42 Å². The summed E-state index contributed by atoms with van der Waals surface area (Å²) in [6.45, 7) is 55.7. The van der Waals surface area contributed by atoms with Crippen molar-refractivity contribution in [3.63, 3.8) is 0 Å². The second-order valence-electron chi connectivity index (χ2n) is 38.7. The molecule has 0 saturated heterocycles. The average molecular weight is 1760 g/mol. The Bertz CT molecular complexity index is 6560. The number of nitrogens with zero attached hydrogens (tertiary/aromatic N) is 18. The van der Waals surface area contributed by atoms with Gasteiger partial charge in [-0.15, -0.1) is 11.3 Å². The van der Waals surface area contributed by atoms with E-state index in [1.807, 2.05) is 154 Å². The zero-order valence-electron chi connectivity index (χ0n) is 81.0. The first-order valence-corrected chi connectivity index (χ1v) is 45.9. The van der Waals surface area contributed by atoms with E-state index in [1.165, 1.54) is 83.3 Å². The third-order valence-electron chi connectivity index (χ3n) is 27.8. The van der Waals surface area contributed by atoms with Crippen molar-refractivity contribution in [2.24, 2.45) is 39.9 Å². The highest BCUT2D eigenvalue weighted by Gasteiger charge is 2.40. The van der Waals surface area contributed by atoms with Crippen LogP contribution >= 0.6 is 11.3 Å². The van der Waals surface area contributed by atoms with Crippen LogP contribution in [0.25, 0.3) is 64.9 Å². The van der Waals surface area contributed by atoms with Crippen LogP contribution in [-0.2, 0) is 43.3 Å². The summed E-state index contributed by atoms with van der Waals surface area (Å²) in [5.74, 6) is 1.55. The fraction of sp³-hybridized carbons (Fsp3) is 0.304. The molecule has 0 atom stereocenters. The Morgan fingerprint density at radius 1 is 0.265 bits per heavy atom. The maximum Gasteiger partial charge on any atom is 0.198 e. The van der Waals surface area contributed by atoms with Crippen LogP contribution in [0, 0.1) is 13.8 Å². The summed E-state index contributed by atoms with van der Waals surface area (Å²) in [5, 5.41) is 6.99. The zero-order valence-corrected chi connectivity index (χ0v) is 81.8. The molecule has 0 radical (unpaired) electrons. The van der Waals surface area contributed by atoms with Gasteiger partial charge in [0, 0.05) is 202 Å². The lowest BCUT2D eigenvalue weighted by Gasteiger charge is -2.19. The van der Waals surface area contributed by atoms with E-state index in [2.05, 4.69) is 326 Å². The summed E-state index contributed by atoms with van der Waals surface area (Å²) in [6.07, 6.45) is 18.4. The van der Waals surface area contributed by atoms with Gasteiger partial charge in [0.05, 0.1) is 77.3 Å². The average Bonchev–Trinajstić information content (AvgIpc) is 1.60. The minimum atomic E-state index is 0.0202. The first-order valence-electron chi connectivity index (χ1n) is 45.1. The molecule has 10 aromatic heterocycles. The molecule has 16 aromatic rings. The van der Waals surface area contributed by atoms with Crippen molar-refractivity contribution in [3.8, 4) is 0 Å². The molecule has 18 heterocycles. The third kappa shape index (κ3) is 18.1. The fourth-order valence-corrected chi connectivity index (χ4v) is 17.7. The van der Waals surface area contributed by atoms with Gasteiger partial charge in [0.25, 0.3) is 0 Å². The Hall–Kier alpha value is -13.7. The molecule has 668 valence electrons. The smallest absolute Gasteiger partial charge is 0.198 e. The van der Waals surface area contributed by atoms with E-state index in [0.717, 1.165) is 117 Å². The fourth-order valence-electron chi connectivity index (χ4n) is 16.9. The lowest BCUT2D eigenvalue weighted by atomic mass is 9.81. The van der Waals surface area contributed by atoms with E-state index in [0.29, 0.717) is 11.5 Å². The van der Waals surface area contributed by atoms with Crippen LogP contribution in [0.5, 0.6) is 0 Å². The number of rotatable bonds is 0. The van der Waals surface area contributed by atoms with E-state index in [-0.39, 0.29) is 43.3 Å². The molecule has 19 nitrogen and oxygen atoms in total. The summed E-state index contributed by atoms with van der Waals surface area (Å²) in [5.41, 5.74) is 33.2. The largest absolute Gasteiger partial charge is 0.439 e. The van der Waals surface area contributed by atoms with Gasteiger partial charge in [-0.1, -0.05) is 188 Å². The summed E-state index contributed by atoms with van der Waals surface area (Å²) in [7, 11) is 0. The van der Waals surface area contributed by atoms with Crippen molar-refractivity contribution in [3.05, 3.63) is 299 Å². The molecular weight excluding hydrogens is 1650 g/mol. The molecule has 132 heavy (non-hydrogen) atoms. The van der Waals surface area contributed by atoms with Gasteiger partial charge in [0.15, 0.2) is 22.9 Å². The molecule has 20 heteroatoms. The van der Waals surface area contributed by atoms with Crippen molar-refractivity contribution in [1.29, 1.82) is 0 Å². The van der Waals surface area contributed by atoms with E-state index in [1.54, 1.807) is 29.9 Å². The highest BCUT2D eigenvalue weighted by atomic mass is 32.1. The normalized spacial score (nSPS) is 16.8. The van der Waals surface area contributed by atoms with Gasteiger partial charge >= 0.3 is 0 Å². The zero-order chi connectivity index (χ0) is 94.4. The summed E-state index contributed by atoms with van der Waals surface area (Å²) in [4.78, 5) is 79.2. The van der Waals surface area contributed by atoms with Gasteiger partial charge in [0.2, 0.25) is 0 Å². The predicted octanol–water partition coefficient (Wildman–Crippen LogP) is 29.1. The van der Waals surface area contributed by atoms with Crippen molar-refractivity contribution >= 4 is 168 Å². The summed E-state index contributed by atoms with van der Waals surface area (Å²) >= 11 is 1.74. The Morgan fingerprint density at radius 3 is 1.37 bits per heavy atom.